The summed E-state index contributed by atoms with van der Waals surface area (Å²) in [5.74, 6) is -0.604. The first-order valence-electron chi connectivity index (χ1n) is 6.50. The summed E-state index contributed by atoms with van der Waals surface area (Å²) in [7, 11) is 0. The van der Waals surface area contributed by atoms with Crippen molar-refractivity contribution >= 4 is 39.1 Å². The van der Waals surface area contributed by atoms with Crippen molar-refractivity contribution in [1.29, 1.82) is 0 Å². The fraction of sp³-hybridized carbons (Fsp3) is 0.357. The van der Waals surface area contributed by atoms with Crippen molar-refractivity contribution < 1.29 is 9.59 Å². The van der Waals surface area contributed by atoms with E-state index in [9.17, 15) is 9.59 Å². The van der Waals surface area contributed by atoms with E-state index < -0.39 is 0 Å². The summed E-state index contributed by atoms with van der Waals surface area (Å²) in [4.78, 5) is 29.1. The zero-order valence-corrected chi connectivity index (χ0v) is 13.0. The smallest absolute Gasteiger partial charge is 0.264 e. The molecule has 0 bridgehead atoms. The van der Waals surface area contributed by atoms with Gasteiger partial charge in [0.15, 0.2) is 0 Å². The number of aromatic nitrogens is 1. The van der Waals surface area contributed by atoms with Crippen molar-refractivity contribution in [2.24, 2.45) is 0 Å². The number of fused-ring (bicyclic) bond motifs is 1. The topological polar surface area (TPSA) is 97.1 Å². The largest absolute Gasteiger partial charge is 0.397 e. The van der Waals surface area contributed by atoms with Crippen LogP contribution in [0.15, 0.2) is 18.3 Å². The van der Waals surface area contributed by atoms with E-state index in [1.165, 1.54) is 11.3 Å². The van der Waals surface area contributed by atoms with Gasteiger partial charge in [0.25, 0.3) is 5.91 Å². The third-order valence-corrected chi connectivity index (χ3v) is 3.76. The van der Waals surface area contributed by atoms with E-state index in [4.69, 9.17) is 5.73 Å². The highest BCUT2D eigenvalue weighted by Crippen LogP contribution is 2.31. The van der Waals surface area contributed by atoms with E-state index in [-0.39, 0.29) is 23.9 Å². The van der Waals surface area contributed by atoms with Crippen LogP contribution in [0.4, 0.5) is 5.69 Å². The lowest BCUT2D eigenvalue weighted by Gasteiger charge is -2.20. The molecule has 0 spiro atoms. The van der Waals surface area contributed by atoms with Crippen LogP contribution in [0.25, 0.3) is 10.2 Å². The third-order valence-electron chi connectivity index (χ3n) is 2.63. The first-order chi connectivity index (χ1) is 9.78. The molecule has 0 saturated carbocycles. The molecular weight excluding hydrogens is 288 g/mol. The number of amides is 2. The molecule has 0 saturated heterocycles. The summed E-state index contributed by atoms with van der Waals surface area (Å²) in [6.07, 6.45) is 1.65. The minimum Gasteiger partial charge on any atom is -0.397 e. The van der Waals surface area contributed by atoms with E-state index in [0.717, 1.165) is 5.39 Å². The molecule has 0 aliphatic carbocycles. The maximum atomic E-state index is 12.1. The molecule has 0 fully saturated rings. The molecule has 6 nitrogen and oxygen atoms in total. The number of pyridine rings is 1. The Bertz CT molecular complexity index is 688. The van der Waals surface area contributed by atoms with E-state index in [2.05, 4.69) is 15.6 Å². The Labute approximate surface area is 126 Å². The van der Waals surface area contributed by atoms with Gasteiger partial charge in [0.05, 0.1) is 12.2 Å². The molecule has 2 aromatic heterocycles. The van der Waals surface area contributed by atoms with Crippen LogP contribution < -0.4 is 16.4 Å². The molecule has 0 aromatic carbocycles. The fourth-order valence-electron chi connectivity index (χ4n) is 1.82. The molecule has 2 rings (SSSR count). The quantitative estimate of drug-likeness (QED) is 0.801. The molecule has 2 aromatic rings. The predicted molar refractivity (Wildman–Crippen MR) is 84.3 cm³/mol. The second-order valence-corrected chi connectivity index (χ2v) is 6.68. The van der Waals surface area contributed by atoms with Gasteiger partial charge in [-0.25, -0.2) is 4.98 Å². The van der Waals surface area contributed by atoms with Crippen LogP contribution in [-0.2, 0) is 4.79 Å². The SMILES string of the molecule is CC(C)(C)NC(=O)CNC(=O)c1sc2ncccc2c1N. The van der Waals surface area contributed by atoms with Gasteiger partial charge < -0.3 is 16.4 Å². The standard InChI is InChI=1S/C14H18N4O2S/c1-14(2,3)18-9(19)7-17-12(20)11-10(15)8-5-4-6-16-13(8)21-11/h4-6H,7,15H2,1-3H3,(H,17,20)(H,18,19). The molecule has 0 aliphatic rings. The van der Waals surface area contributed by atoms with Crippen molar-refractivity contribution in [3.8, 4) is 0 Å². The van der Waals surface area contributed by atoms with E-state index in [0.29, 0.717) is 15.4 Å². The summed E-state index contributed by atoms with van der Waals surface area (Å²) < 4.78 is 0. The number of hydrogen-bond donors (Lipinski definition) is 3. The molecule has 21 heavy (non-hydrogen) atoms. The van der Waals surface area contributed by atoms with Gasteiger partial charge in [-0.05, 0) is 32.9 Å². The Hall–Kier alpha value is -2.15. The second-order valence-electron chi connectivity index (χ2n) is 5.68. The number of nitrogens with one attached hydrogen (secondary N) is 2. The monoisotopic (exact) mass is 306 g/mol. The minimum absolute atomic E-state index is 0.0861. The van der Waals surface area contributed by atoms with Crippen molar-refractivity contribution in [2.45, 2.75) is 26.3 Å². The van der Waals surface area contributed by atoms with E-state index >= 15 is 0 Å². The van der Waals surface area contributed by atoms with Gasteiger partial charge in [-0.3, -0.25) is 9.59 Å². The number of carbonyl (C=O) groups is 2. The molecule has 0 atom stereocenters. The summed E-state index contributed by atoms with van der Waals surface area (Å²) in [6.45, 7) is 5.55. The molecule has 4 N–H and O–H groups in total. The average molecular weight is 306 g/mol. The summed E-state index contributed by atoms with van der Waals surface area (Å²) in [6, 6.07) is 3.58. The summed E-state index contributed by atoms with van der Waals surface area (Å²) >= 11 is 1.22. The lowest BCUT2D eigenvalue weighted by molar-refractivity contribution is -0.121. The van der Waals surface area contributed by atoms with Crippen LogP contribution in [0.5, 0.6) is 0 Å². The lowest BCUT2D eigenvalue weighted by Crippen LogP contribution is -2.45. The minimum atomic E-state index is -0.362. The molecule has 0 aliphatic heterocycles. The Kier molecular flexibility index (Phi) is 4.13. The third kappa shape index (κ3) is 3.69. The Morgan fingerprint density at radius 3 is 2.71 bits per heavy atom. The lowest BCUT2D eigenvalue weighted by atomic mass is 10.1. The first kappa shape index (κ1) is 15.2. The maximum Gasteiger partial charge on any atom is 0.264 e. The number of nitrogen functional groups attached to an aromatic ring is 1. The number of nitrogens with zero attached hydrogens (tertiary/aromatic N) is 1. The van der Waals surface area contributed by atoms with Crippen LogP contribution >= 0.6 is 11.3 Å². The molecule has 0 radical (unpaired) electrons. The van der Waals surface area contributed by atoms with E-state index in [1.54, 1.807) is 12.3 Å². The van der Waals surface area contributed by atoms with Crippen molar-refractivity contribution in [2.75, 3.05) is 12.3 Å². The van der Waals surface area contributed by atoms with Crippen molar-refractivity contribution in [3.63, 3.8) is 0 Å². The van der Waals surface area contributed by atoms with Gasteiger partial charge in [-0.15, -0.1) is 11.3 Å². The number of thiophene rings is 1. The number of carbonyl (C=O) groups excluding carboxylic acids is 2. The summed E-state index contributed by atoms with van der Waals surface area (Å²) in [5.41, 5.74) is 6.03. The normalized spacial score (nSPS) is 11.4. The van der Waals surface area contributed by atoms with Crippen LogP contribution in [0, 0.1) is 0 Å². The van der Waals surface area contributed by atoms with Crippen LogP contribution in [-0.4, -0.2) is 28.9 Å². The van der Waals surface area contributed by atoms with Gasteiger partial charge in [-0.2, -0.15) is 0 Å². The van der Waals surface area contributed by atoms with E-state index in [1.807, 2.05) is 26.8 Å². The second kappa shape index (κ2) is 5.69. The molecule has 2 amide bonds. The zero-order valence-electron chi connectivity index (χ0n) is 12.2. The highest BCUT2D eigenvalue weighted by Gasteiger charge is 2.18. The number of anilines is 1. The zero-order chi connectivity index (χ0) is 15.6. The van der Waals surface area contributed by atoms with Gasteiger partial charge >= 0.3 is 0 Å². The Morgan fingerprint density at radius 1 is 1.38 bits per heavy atom. The highest BCUT2D eigenvalue weighted by molar-refractivity contribution is 7.21. The fourth-order valence-corrected chi connectivity index (χ4v) is 2.80. The molecule has 2 heterocycles. The Morgan fingerprint density at radius 2 is 2.10 bits per heavy atom. The van der Waals surface area contributed by atoms with Crippen LogP contribution in [0.1, 0.15) is 30.4 Å². The molecule has 0 unspecified atom stereocenters. The maximum absolute atomic E-state index is 12.1. The Balaban J connectivity index is 2.06. The summed E-state index contributed by atoms with van der Waals surface area (Å²) in [5, 5.41) is 6.10. The number of hydrogen-bond acceptors (Lipinski definition) is 5. The first-order valence-corrected chi connectivity index (χ1v) is 7.32. The van der Waals surface area contributed by atoms with Crippen LogP contribution in [0.2, 0.25) is 0 Å². The van der Waals surface area contributed by atoms with Gasteiger partial charge in [-0.1, -0.05) is 0 Å². The van der Waals surface area contributed by atoms with Gasteiger partial charge in [0.1, 0.15) is 9.71 Å². The van der Waals surface area contributed by atoms with Crippen molar-refractivity contribution in [3.05, 3.63) is 23.2 Å². The van der Waals surface area contributed by atoms with Gasteiger partial charge in [0.2, 0.25) is 5.91 Å². The number of nitrogens with two attached hydrogens (primary N) is 1. The molecular formula is C14H18N4O2S. The van der Waals surface area contributed by atoms with Crippen molar-refractivity contribution in [1.82, 2.24) is 15.6 Å². The average Bonchev–Trinajstić information content (AvgIpc) is 2.72. The van der Waals surface area contributed by atoms with Gasteiger partial charge in [0, 0.05) is 17.1 Å². The highest BCUT2D eigenvalue weighted by atomic mass is 32.1. The van der Waals surface area contributed by atoms with Crippen LogP contribution in [0.3, 0.4) is 0 Å². The number of rotatable bonds is 3. The predicted octanol–water partition coefficient (Wildman–Crippen LogP) is 1.52. The molecule has 112 valence electrons. The molecule has 7 heteroatoms.